The molecular weight excluding hydrogens is 322 g/mol. The first kappa shape index (κ1) is 16.9. The summed E-state index contributed by atoms with van der Waals surface area (Å²) in [5.74, 6) is 0. The number of likely N-dealkylation sites (tertiary alicyclic amines) is 1. The van der Waals surface area contributed by atoms with Crippen molar-refractivity contribution < 1.29 is 0 Å². The molecule has 1 aliphatic heterocycles. The molecule has 26 heavy (non-hydrogen) atoms. The van der Waals surface area contributed by atoms with Crippen LogP contribution in [0.15, 0.2) is 61.1 Å². The van der Waals surface area contributed by atoms with Crippen LogP contribution in [0.1, 0.15) is 30.0 Å². The number of aromatic amines is 1. The van der Waals surface area contributed by atoms with E-state index in [0.29, 0.717) is 6.04 Å². The molecule has 0 spiro atoms. The molecule has 0 bridgehead atoms. The van der Waals surface area contributed by atoms with Gasteiger partial charge in [0.25, 0.3) is 0 Å². The molecule has 134 valence electrons. The van der Waals surface area contributed by atoms with Crippen LogP contribution in [0.3, 0.4) is 0 Å². The average molecular weight is 347 g/mol. The zero-order valence-electron chi connectivity index (χ0n) is 14.9. The van der Waals surface area contributed by atoms with Crippen molar-refractivity contribution in [1.82, 2.24) is 25.4 Å². The first-order chi connectivity index (χ1) is 12.9. The summed E-state index contributed by atoms with van der Waals surface area (Å²) < 4.78 is 0. The fraction of sp³-hybridized carbons (Fsp3) is 0.333. The van der Waals surface area contributed by atoms with Crippen LogP contribution >= 0.6 is 0 Å². The maximum absolute atomic E-state index is 4.23. The van der Waals surface area contributed by atoms with Gasteiger partial charge in [0.05, 0.1) is 11.9 Å². The molecule has 3 heterocycles. The van der Waals surface area contributed by atoms with Gasteiger partial charge in [0.1, 0.15) is 0 Å². The molecule has 3 aromatic rings. The third-order valence-electron chi connectivity index (χ3n) is 5.09. The summed E-state index contributed by atoms with van der Waals surface area (Å²) >= 11 is 0. The second kappa shape index (κ2) is 8.25. The van der Waals surface area contributed by atoms with Gasteiger partial charge in [-0.2, -0.15) is 5.10 Å². The van der Waals surface area contributed by atoms with Gasteiger partial charge in [0, 0.05) is 42.7 Å². The number of nitrogens with zero attached hydrogens (tertiary/aromatic N) is 3. The molecule has 0 aliphatic carbocycles. The van der Waals surface area contributed by atoms with E-state index in [9.17, 15) is 0 Å². The minimum atomic E-state index is 0.424. The Morgan fingerprint density at radius 2 is 1.88 bits per heavy atom. The van der Waals surface area contributed by atoms with E-state index in [-0.39, 0.29) is 0 Å². The second-order valence-electron chi connectivity index (χ2n) is 6.81. The van der Waals surface area contributed by atoms with Crippen molar-refractivity contribution in [1.29, 1.82) is 0 Å². The van der Waals surface area contributed by atoms with Crippen molar-refractivity contribution >= 4 is 0 Å². The Labute approximate surface area is 154 Å². The highest BCUT2D eigenvalue weighted by molar-refractivity contribution is 5.61. The van der Waals surface area contributed by atoms with E-state index in [4.69, 9.17) is 0 Å². The Morgan fingerprint density at radius 1 is 1.04 bits per heavy atom. The lowest BCUT2D eigenvalue weighted by Crippen LogP contribution is -2.34. The van der Waals surface area contributed by atoms with Gasteiger partial charge in [0.2, 0.25) is 0 Å². The third kappa shape index (κ3) is 3.84. The molecule has 1 aromatic carbocycles. The molecule has 4 rings (SSSR count). The minimum Gasteiger partial charge on any atom is -0.311 e. The summed E-state index contributed by atoms with van der Waals surface area (Å²) in [6.07, 6.45) is 8.17. The second-order valence-corrected chi connectivity index (χ2v) is 6.81. The van der Waals surface area contributed by atoms with Crippen LogP contribution in [0.25, 0.3) is 11.3 Å². The molecular formula is C21H25N5. The van der Waals surface area contributed by atoms with Gasteiger partial charge in [-0.15, -0.1) is 0 Å². The fourth-order valence-electron chi connectivity index (χ4n) is 3.74. The van der Waals surface area contributed by atoms with E-state index in [1.54, 1.807) is 6.20 Å². The Bertz CT molecular complexity index is 794. The number of hydrogen-bond acceptors (Lipinski definition) is 4. The molecule has 0 radical (unpaired) electrons. The third-order valence-corrected chi connectivity index (χ3v) is 5.09. The van der Waals surface area contributed by atoms with Crippen LogP contribution in [0.5, 0.6) is 0 Å². The van der Waals surface area contributed by atoms with Gasteiger partial charge in [-0.25, -0.2) is 0 Å². The molecule has 1 fully saturated rings. The number of pyridine rings is 1. The van der Waals surface area contributed by atoms with Crippen molar-refractivity contribution in [3.05, 3.63) is 72.2 Å². The van der Waals surface area contributed by atoms with E-state index in [2.05, 4.69) is 61.8 Å². The summed E-state index contributed by atoms with van der Waals surface area (Å²) in [5.41, 5.74) is 4.68. The molecule has 5 heteroatoms. The van der Waals surface area contributed by atoms with Crippen LogP contribution < -0.4 is 5.32 Å². The molecule has 1 atom stereocenters. The summed E-state index contributed by atoms with van der Waals surface area (Å²) in [4.78, 5) is 6.80. The lowest BCUT2D eigenvalue weighted by Gasteiger charge is -2.28. The number of benzene rings is 1. The maximum Gasteiger partial charge on any atom is 0.0710 e. The van der Waals surface area contributed by atoms with E-state index in [0.717, 1.165) is 24.3 Å². The summed E-state index contributed by atoms with van der Waals surface area (Å²) in [6.45, 7) is 4.10. The number of aromatic nitrogens is 3. The highest BCUT2D eigenvalue weighted by Gasteiger charge is 2.23. The summed E-state index contributed by atoms with van der Waals surface area (Å²) in [6, 6.07) is 15.3. The quantitative estimate of drug-likeness (QED) is 0.688. The van der Waals surface area contributed by atoms with E-state index >= 15 is 0 Å². The highest BCUT2D eigenvalue weighted by Crippen LogP contribution is 2.25. The minimum absolute atomic E-state index is 0.424. The standard InChI is InChI=1S/C21H25N5/c1-2-7-17(8-3-1)20(26-11-4-5-12-26)16-23-14-19-15-24-25-21(19)18-9-6-10-22-13-18/h1-3,6-10,13,15,20,23H,4-5,11-12,14,16H2,(H,24,25)/t20-/m0/s1. The number of nitrogens with one attached hydrogen (secondary N) is 2. The van der Waals surface area contributed by atoms with Crippen molar-refractivity contribution in [2.45, 2.75) is 25.4 Å². The summed E-state index contributed by atoms with van der Waals surface area (Å²) in [7, 11) is 0. The van der Waals surface area contributed by atoms with Crippen molar-refractivity contribution in [2.24, 2.45) is 0 Å². The molecule has 0 amide bonds. The predicted octanol–water partition coefficient (Wildman–Crippen LogP) is 3.40. The van der Waals surface area contributed by atoms with E-state index < -0.39 is 0 Å². The number of hydrogen-bond donors (Lipinski definition) is 2. The lowest BCUT2D eigenvalue weighted by molar-refractivity contribution is 0.238. The van der Waals surface area contributed by atoms with Gasteiger partial charge in [-0.3, -0.25) is 15.0 Å². The van der Waals surface area contributed by atoms with Crippen molar-refractivity contribution in [2.75, 3.05) is 19.6 Å². The molecule has 1 saturated heterocycles. The van der Waals surface area contributed by atoms with E-state index in [1.807, 2.05) is 18.5 Å². The number of rotatable bonds is 7. The smallest absolute Gasteiger partial charge is 0.0710 e. The number of H-pyrrole nitrogens is 1. The molecule has 2 aromatic heterocycles. The normalized spacial score (nSPS) is 16.0. The molecule has 0 saturated carbocycles. The lowest BCUT2D eigenvalue weighted by atomic mass is 10.1. The Morgan fingerprint density at radius 3 is 2.65 bits per heavy atom. The largest absolute Gasteiger partial charge is 0.311 e. The van der Waals surface area contributed by atoms with Gasteiger partial charge in [-0.05, 0) is 43.6 Å². The van der Waals surface area contributed by atoms with Crippen LogP contribution in [-0.4, -0.2) is 39.7 Å². The maximum atomic E-state index is 4.23. The monoisotopic (exact) mass is 347 g/mol. The Kier molecular flexibility index (Phi) is 5.38. The van der Waals surface area contributed by atoms with Gasteiger partial charge >= 0.3 is 0 Å². The zero-order chi connectivity index (χ0) is 17.6. The Hall–Kier alpha value is -2.50. The zero-order valence-corrected chi connectivity index (χ0v) is 14.9. The van der Waals surface area contributed by atoms with Crippen LogP contribution in [0, 0.1) is 0 Å². The molecule has 1 aliphatic rings. The SMILES string of the molecule is c1ccc([C@H](CNCc2cn[nH]c2-c2cccnc2)N2CCCC2)cc1. The average Bonchev–Trinajstić information content (AvgIpc) is 3.39. The fourth-order valence-corrected chi connectivity index (χ4v) is 3.74. The van der Waals surface area contributed by atoms with Crippen molar-refractivity contribution in [3.8, 4) is 11.3 Å². The van der Waals surface area contributed by atoms with Gasteiger partial charge in [-0.1, -0.05) is 30.3 Å². The highest BCUT2D eigenvalue weighted by atomic mass is 15.2. The van der Waals surface area contributed by atoms with Crippen LogP contribution in [-0.2, 0) is 6.54 Å². The molecule has 2 N–H and O–H groups in total. The Balaban J connectivity index is 1.44. The van der Waals surface area contributed by atoms with Crippen molar-refractivity contribution in [3.63, 3.8) is 0 Å². The predicted molar refractivity (Wildman–Crippen MR) is 104 cm³/mol. The first-order valence-electron chi connectivity index (χ1n) is 9.34. The molecule has 0 unspecified atom stereocenters. The van der Waals surface area contributed by atoms with Crippen LogP contribution in [0.4, 0.5) is 0 Å². The van der Waals surface area contributed by atoms with E-state index in [1.165, 1.54) is 37.1 Å². The first-order valence-corrected chi connectivity index (χ1v) is 9.34. The van der Waals surface area contributed by atoms with Gasteiger partial charge < -0.3 is 5.32 Å². The molecule has 5 nitrogen and oxygen atoms in total. The van der Waals surface area contributed by atoms with Gasteiger partial charge in [0.15, 0.2) is 0 Å². The summed E-state index contributed by atoms with van der Waals surface area (Å²) in [5, 5.41) is 11.0. The van der Waals surface area contributed by atoms with Crippen LogP contribution in [0.2, 0.25) is 0 Å². The topological polar surface area (TPSA) is 56.8 Å².